The molecule has 1 aliphatic rings. The van der Waals surface area contributed by atoms with E-state index in [0.717, 1.165) is 0 Å². The molecule has 0 saturated heterocycles. The summed E-state index contributed by atoms with van der Waals surface area (Å²) in [5.41, 5.74) is 0. The number of hydrogen-bond acceptors (Lipinski definition) is 1. The second-order valence-electron chi connectivity index (χ2n) is 1.03. The number of hydrogen-bond donors (Lipinski definition) is 0. The van der Waals surface area contributed by atoms with Crippen LogP contribution >= 0.6 is 0 Å². The molecule has 0 N–H and O–H groups in total. The van der Waals surface area contributed by atoms with E-state index in [9.17, 15) is 4.79 Å². The Morgan fingerprint density at radius 1 is 1.67 bits per heavy atom. The number of ketones is 1. The zero-order chi connectivity index (χ0) is 4.41. The first kappa shape index (κ1) is 3.34. The molecular weight excluding hydrogens is 76.1 g/mol. The topological polar surface area (TPSA) is 17.1 Å². The Balaban J connectivity index is 2.86. The molecule has 1 rings (SSSR count). The van der Waals surface area contributed by atoms with Crippen molar-refractivity contribution in [1.82, 2.24) is 0 Å². The second-order valence-corrected chi connectivity index (χ2v) is 1.03. The first-order valence-electron chi connectivity index (χ1n) is 1.70. The van der Waals surface area contributed by atoms with Crippen molar-refractivity contribution in [3.8, 4) is 0 Å². The first-order valence-corrected chi connectivity index (χ1v) is 1.70. The Labute approximate surface area is 36.0 Å². The molecule has 0 atom stereocenters. The van der Waals surface area contributed by atoms with Gasteiger partial charge in [0, 0.05) is 0 Å². The molecule has 0 aliphatic heterocycles. The molecule has 0 fully saturated rings. The quantitative estimate of drug-likeness (QED) is 0.386. The van der Waals surface area contributed by atoms with E-state index >= 15 is 0 Å². The van der Waals surface area contributed by atoms with Crippen LogP contribution in [0.15, 0.2) is 18.2 Å². The van der Waals surface area contributed by atoms with Gasteiger partial charge in [-0.05, 0) is 0 Å². The van der Waals surface area contributed by atoms with Crippen LogP contribution in [0.2, 0.25) is 0 Å². The summed E-state index contributed by atoms with van der Waals surface area (Å²) >= 11 is 0. The van der Waals surface area contributed by atoms with Crippen LogP contribution in [0.4, 0.5) is 0 Å². The van der Waals surface area contributed by atoms with Gasteiger partial charge < -0.3 is 4.79 Å². The van der Waals surface area contributed by atoms with Crippen molar-refractivity contribution in [2.75, 3.05) is 0 Å². The number of rotatable bonds is 0. The molecule has 0 amide bonds. The molecule has 6 heavy (non-hydrogen) atoms. The van der Waals surface area contributed by atoms with Gasteiger partial charge in [0.2, 0.25) is 0 Å². The molecule has 1 heteroatoms. The van der Waals surface area contributed by atoms with Gasteiger partial charge in [0.1, 0.15) is 0 Å². The van der Waals surface area contributed by atoms with Crippen LogP contribution in [0.5, 0.6) is 0 Å². The summed E-state index contributed by atoms with van der Waals surface area (Å²) in [5, 5.41) is 0. The summed E-state index contributed by atoms with van der Waals surface area (Å²) in [6, 6.07) is 0. The van der Waals surface area contributed by atoms with E-state index in [1.807, 2.05) is 0 Å². The fraction of sp³-hybridized carbons (Fsp3) is 0. The highest BCUT2D eigenvalue weighted by atomic mass is 16.1. The third-order valence-electron chi connectivity index (χ3n) is 0.569. The van der Waals surface area contributed by atoms with Crippen molar-refractivity contribution in [1.29, 1.82) is 0 Å². The molecular formula is C5H3O-. The molecule has 0 radical (unpaired) electrons. The van der Waals surface area contributed by atoms with E-state index in [2.05, 4.69) is 6.08 Å². The molecule has 0 bridgehead atoms. The van der Waals surface area contributed by atoms with Gasteiger partial charge in [0.05, 0.1) is 5.78 Å². The highest BCUT2D eigenvalue weighted by Gasteiger charge is 1.75. The summed E-state index contributed by atoms with van der Waals surface area (Å²) < 4.78 is 0. The van der Waals surface area contributed by atoms with Crippen molar-refractivity contribution >= 4 is 5.78 Å². The monoisotopic (exact) mass is 79.0 g/mol. The van der Waals surface area contributed by atoms with Gasteiger partial charge in [-0.2, -0.15) is 12.2 Å². The van der Waals surface area contributed by atoms with E-state index in [1.165, 1.54) is 6.08 Å². The smallest absolute Gasteiger partial charge is 0.0566 e. The van der Waals surface area contributed by atoms with Crippen LogP contribution in [-0.2, 0) is 4.79 Å². The molecule has 0 unspecified atom stereocenters. The SMILES string of the molecule is O=C1[C-]=CC=C1. The van der Waals surface area contributed by atoms with Gasteiger partial charge in [-0.3, -0.25) is 0 Å². The second kappa shape index (κ2) is 1.09. The Morgan fingerprint density at radius 3 is 2.67 bits per heavy atom. The van der Waals surface area contributed by atoms with Crippen LogP contribution < -0.4 is 0 Å². The molecule has 0 aromatic heterocycles. The predicted octanol–water partition coefficient (Wildman–Crippen LogP) is 0.485. The average molecular weight is 79.1 g/mol. The van der Waals surface area contributed by atoms with Crippen molar-refractivity contribution in [3.05, 3.63) is 24.3 Å². The van der Waals surface area contributed by atoms with E-state index in [-0.39, 0.29) is 5.78 Å². The maximum atomic E-state index is 10.0. The number of carbonyl (C=O) groups excluding carboxylic acids is 1. The Bertz CT molecular complexity index is 106. The van der Waals surface area contributed by atoms with Gasteiger partial charge >= 0.3 is 0 Å². The summed E-state index contributed by atoms with van der Waals surface area (Å²) in [7, 11) is 0. The predicted molar refractivity (Wildman–Crippen MR) is 22.0 cm³/mol. The summed E-state index contributed by atoms with van der Waals surface area (Å²) in [6.45, 7) is 0. The standard InChI is InChI=1S/C5H3O/c6-5-3-1-2-4-5/h1-3H/q-1. The normalized spacial score (nSPS) is 17.0. The number of allylic oxidation sites excluding steroid dienone is 4. The lowest BCUT2D eigenvalue weighted by Gasteiger charge is -1.74. The lowest BCUT2D eigenvalue weighted by Crippen LogP contribution is -1.76. The van der Waals surface area contributed by atoms with Gasteiger partial charge in [0.25, 0.3) is 0 Å². The Kier molecular flexibility index (Phi) is 0.607. The Morgan fingerprint density at radius 2 is 2.50 bits per heavy atom. The molecule has 0 heterocycles. The van der Waals surface area contributed by atoms with Crippen LogP contribution in [0.3, 0.4) is 0 Å². The average Bonchev–Trinajstić information content (AvgIpc) is 1.86. The maximum Gasteiger partial charge on any atom is 0.0566 e. The molecule has 0 saturated carbocycles. The third kappa shape index (κ3) is 0.385. The van der Waals surface area contributed by atoms with Crippen molar-refractivity contribution < 1.29 is 4.79 Å². The third-order valence-corrected chi connectivity index (χ3v) is 0.569. The first-order chi connectivity index (χ1) is 2.89. The Hall–Kier alpha value is -0.850. The van der Waals surface area contributed by atoms with Crippen LogP contribution in [0.1, 0.15) is 0 Å². The van der Waals surface area contributed by atoms with Gasteiger partial charge in [-0.25, -0.2) is 6.08 Å². The minimum absolute atomic E-state index is 0.0324. The molecule has 1 nitrogen and oxygen atoms in total. The summed E-state index contributed by atoms with van der Waals surface area (Å²) in [5.74, 6) is -0.0324. The van der Waals surface area contributed by atoms with Gasteiger partial charge in [-0.15, -0.1) is 6.08 Å². The fourth-order valence-electron chi connectivity index (χ4n) is 0.314. The molecule has 1 aliphatic carbocycles. The molecule has 0 aromatic carbocycles. The zero-order valence-corrected chi connectivity index (χ0v) is 3.14. The summed E-state index contributed by atoms with van der Waals surface area (Å²) in [4.78, 5) is 10.0. The molecule has 0 spiro atoms. The largest absolute Gasteiger partial charge is 0.320 e. The number of carbonyl (C=O) groups is 1. The zero-order valence-electron chi connectivity index (χ0n) is 3.14. The minimum Gasteiger partial charge on any atom is -0.320 e. The lowest BCUT2D eigenvalue weighted by atomic mass is 10.5. The van der Waals surface area contributed by atoms with Gasteiger partial charge in [-0.1, -0.05) is 0 Å². The highest BCUT2D eigenvalue weighted by molar-refractivity contribution is 5.98. The minimum atomic E-state index is -0.0324. The van der Waals surface area contributed by atoms with Crippen LogP contribution in [-0.4, -0.2) is 5.78 Å². The van der Waals surface area contributed by atoms with Crippen molar-refractivity contribution in [2.24, 2.45) is 0 Å². The van der Waals surface area contributed by atoms with Crippen molar-refractivity contribution in [3.63, 3.8) is 0 Å². The highest BCUT2D eigenvalue weighted by Crippen LogP contribution is 1.87. The van der Waals surface area contributed by atoms with Crippen LogP contribution in [0.25, 0.3) is 0 Å². The fourth-order valence-corrected chi connectivity index (χ4v) is 0.314. The van der Waals surface area contributed by atoms with E-state index in [1.54, 1.807) is 12.2 Å². The van der Waals surface area contributed by atoms with Gasteiger partial charge in [0.15, 0.2) is 0 Å². The molecule has 30 valence electrons. The van der Waals surface area contributed by atoms with E-state index < -0.39 is 0 Å². The summed E-state index contributed by atoms with van der Waals surface area (Å²) in [6.07, 6.45) is 7.19. The maximum absolute atomic E-state index is 10.0. The lowest BCUT2D eigenvalue weighted by molar-refractivity contribution is -0.110. The van der Waals surface area contributed by atoms with E-state index in [0.29, 0.717) is 0 Å². The van der Waals surface area contributed by atoms with Crippen LogP contribution in [0, 0.1) is 6.08 Å². The molecule has 0 aromatic rings. The van der Waals surface area contributed by atoms with Crippen molar-refractivity contribution in [2.45, 2.75) is 0 Å². The van der Waals surface area contributed by atoms with E-state index in [4.69, 9.17) is 0 Å².